The summed E-state index contributed by atoms with van der Waals surface area (Å²) in [5, 5.41) is 0. The number of carbonyl (C=O) groups is 1. The second kappa shape index (κ2) is 5.05. The van der Waals surface area contributed by atoms with Gasteiger partial charge in [0.25, 0.3) is 0 Å². The summed E-state index contributed by atoms with van der Waals surface area (Å²) in [6.07, 6.45) is 8.71. The highest BCUT2D eigenvalue weighted by Gasteiger charge is 2.49. The summed E-state index contributed by atoms with van der Waals surface area (Å²) in [6.45, 7) is 10.4. The summed E-state index contributed by atoms with van der Waals surface area (Å²) in [7, 11) is 0. The molecule has 3 fully saturated rings. The highest BCUT2D eigenvalue weighted by atomic mass is 16.6. The van der Waals surface area contributed by atoms with Gasteiger partial charge in [0.15, 0.2) is 0 Å². The predicted molar refractivity (Wildman–Crippen MR) is 80.2 cm³/mol. The first-order chi connectivity index (χ1) is 9.56. The van der Waals surface area contributed by atoms with Gasteiger partial charge in [0.05, 0.1) is 5.92 Å². The average molecular weight is 274 g/mol. The molecule has 110 valence electrons. The van der Waals surface area contributed by atoms with E-state index in [0.717, 1.165) is 37.7 Å². The Balaban J connectivity index is 1.68. The molecule has 0 heterocycles. The third kappa shape index (κ3) is 2.13. The molecule has 0 amide bonds. The summed E-state index contributed by atoms with van der Waals surface area (Å²) in [5.41, 5.74) is 2.12. The minimum absolute atomic E-state index is 0.0369. The molecule has 0 aliphatic heterocycles. The smallest absolute Gasteiger partial charge is 0.310 e. The number of fused-ring (bicyclic) bond motifs is 2. The van der Waals surface area contributed by atoms with Crippen LogP contribution < -0.4 is 0 Å². The Bertz CT molecular complexity index is 442. The monoisotopic (exact) mass is 274 g/mol. The molecule has 3 atom stereocenters. The molecule has 3 aliphatic rings. The lowest BCUT2D eigenvalue weighted by Gasteiger charge is -2.37. The number of hydrogen-bond acceptors (Lipinski definition) is 2. The van der Waals surface area contributed by atoms with Gasteiger partial charge in [0.1, 0.15) is 5.60 Å². The standard InChI is InChI=1S/C18H26O2/c1-4-18(8-6-5-7-9-18)20-17(19)16-11-14-10-15(16)13(3)12(14)2/h14-16H,2-11H2,1H3. The third-order valence-corrected chi connectivity index (χ3v) is 5.94. The number of allylic oxidation sites excluding steroid dienone is 2. The van der Waals surface area contributed by atoms with E-state index >= 15 is 0 Å². The Morgan fingerprint density at radius 3 is 2.45 bits per heavy atom. The van der Waals surface area contributed by atoms with Crippen molar-refractivity contribution in [2.45, 2.75) is 63.9 Å². The Morgan fingerprint density at radius 2 is 1.90 bits per heavy atom. The van der Waals surface area contributed by atoms with E-state index in [0.29, 0.717) is 11.8 Å². The zero-order valence-electron chi connectivity index (χ0n) is 12.6. The molecule has 2 heteroatoms. The summed E-state index contributed by atoms with van der Waals surface area (Å²) in [5.74, 6) is 0.865. The summed E-state index contributed by atoms with van der Waals surface area (Å²) in [4.78, 5) is 12.6. The minimum atomic E-state index is -0.171. The molecule has 2 nitrogen and oxygen atoms in total. The maximum absolute atomic E-state index is 12.6. The van der Waals surface area contributed by atoms with Gasteiger partial charge >= 0.3 is 5.97 Å². The topological polar surface area (TPSA) is 26.3 Å². The van der Waals surface area contributed by atoms with E-state index in [1.165, 1.54) is 24.8 Å². The van der Waals surface area contributed by atoms with Crippen molar-refractivity contribution in [1.29, 1.82) is 0 Å². The highest BCUT2D eigenvalue weighted by molar-refractivity contribution is 5.75. The largest absolute Gasteiger partial charge is 0.459 e. The predicted octanol–water partition coefficient (Wildman–Crippen LogP) is 4.41. The molecular weight excluding hydrogens is 248 g/mol. The van der Waals surface area contributed by atoms with Gasteiger partial charge in [0.2, 0.25) is 0 Å². The van der Waals surface area contributed by atoms with Crippen LogP contribution in [0.2, 0.25) is 0 Å². The summed E-state index contributed by atoms with van der Waals surface area (Å²) < 4.78 is 6.04. The quantitative estimate of drug-likeness (QED) is 0.712. The Kier molecular flexibility index (Phi) is 3.51. The normalized spacial score (nSPS) is 35.4. The lowest BCUT2D eigenvalue weighted by atomic mass is 9.81. The van der Waals surface area contributed by atoms with Crippen LogP contribution in [-0.4, -0.2) is 11.6 Å². The fraction of sp³-hybridized carbons (Fsp3) is 0.722. The van der Waals surface area contributed by atoms with E-state index < -0.39 is 0 Å². The van der Waals surface area contributed by atoms with Gasteiger partial charge in [-0.1, -0.05) is 26.5 Å². The summed E-state index contributed by atoms with van der Waals surface area (Å²) >= 11 is 0. The Labute approximate surface area is 122 Å². The highest BCUT2D eigenvalue weighted by Crippen LogP contribution is 2.54. The van der Waals surface area contributed by atoms with E-state index in [4.69, 9.17) is 4.74 Å². The number of esters is 1. The van der Waals surface area contributed by atoms with E-state index in [-0.39, 0.29) is 17.5 Å². The third-order valence-electron chi connectivity index (χ3n) is 5.94. The minimum Gasteiger partial charge on any atom is -0.459 e. The molecule has 20 heavy (non-hydrogen) atoms. The summed E-state index contributed by atoms with van der Waals surface area (Å²) in [6, 6.07) is 0. The molecule has 3 unspecified atom stereocenters. The van der Waals surface area contributed by atoms with Crippen LogP contribution in [0.15, 0.2) is 24.3 Å². The van der Waals surface area contributed by atoms with Crippen molar-refractivity contribution >= 4 is 5.97 Å². The molecule has 0 N–H and O–H groups in total. The Hall–Kier alpha value is -1.05. The van der Waals surface area contributed by atoms with E-state index in [1.54, 1.807) is 0 Å². The van der Waals surface area contributed by atoms with Crippen molar-refractivity contribution in [1.82, 2.24) is 0 Å². The fourth-order valence-electron chi connectivity index (χ4n) is 4.48. The van der Waals surface area contributed by atoms with Crippen molar-refractivity contribution in [3.63, 3.8) is 0 Å². The molecule has 0 saturated heterocycles. The molecule has 0 radical (unpaired) electrons. The molecular formula is C18H26O2. The van der Waals surface area contributed by atoms with Crippen molar-refractivity contribution in [3.8, 4) is 0 Å². The molecule has 0 aromatic carbocycles. The number of rotatable bonds is 3. The maximum atomic E-state index is 12.6. The number of carbonyl (C=O) groups excluding carboxylic acids is 1. The van der Waals surface area contributed by atoms with Crippen LogP contribution in [0.3, 0.4) is 0 Å². The van der Waals surface area contributed by atoms with Gasteiger partial charge in [-0.2, -0.15) is 0 Å². The fourth-order valence-corrected chi connectivity index (χ4v) is 4.48. The number of ether oxygens (including phenoxy) is 1. The first kappa shape index (κ1) is 13.9. The van der Waals surface area contributed by atoms with E-state index in [9.17, 15) is 4.79 Å². The maximum Gasteiger partial charge on any atom is 0.310 e. The van der Waals surface area contributed by atoms with Gasteiger partial charge in [0, 0.05) is 0 Å². The second-order valence-electron chi connectivity index (χ2n) is 6.95. The van der Waals surface area contributed by atoms with Gasteiger partial charge in [-0.15, -0.1) is 0 Å². The van der Waals surface area contributed by atoms with Crippen LogP contribution in [0.1, 0.15) is 58.3 Å². The lowest BCUT2D eigenvalue weighted by molar-refractivity contribution is -0.170. The molecule has 3 rings (SSSR count). The van der Waals surface area contributed by atoms with Gasteiger partial charge in [-0.3, -0.25) is 4.79 Å². The zero-order chi connectivity index (χ0) is 14.3. The van der Waals surface area contributed by atoms with Crippen LogP contribution in [0.25, 0.3) is 0 Å². The molecule has 0 spiro atoms. The first-order valence-corrected chi connectivity index (χ1v) is 8.17. The zero-order valence-corrected chi connectivity index (χ0v) is 12.6. The molecule has 3 saturated carbocycles. The second-order valence-corrected chi connectivity index (χ2v) is 6.95. The van der Waals surface area contributed by atoms with Crippen molar-refractivity contribution in [2.75, 3.05) is 0 Å². The van der Waals surface area contributed by atoms with Crippen LogP contribution in [0, 0.1) is 17.8 Å². The van der Waals surface area contributed by atoms with Gasteiger partial charge in [-0.05, 0) is 67.9 Å². The average Bonchev–Trinajstić information content (AvgIpc) is 3.01. The van der Waals surface area contributed by atoms with Gasteiger partial charge in [-0.25, -0.2) is 0 Å². The molecule has 0 aromatic heterocycles. The van der Waals surface area contributed by atoms with Crippen molar-refractivity contribution < 1.29 is 9.53 Å². The van der Waals surface area contributed by atoms with Crippen molar-refractivity contribution in [2.24, 2.45) is 17.8 Å². The molecule has 2 bridgehead atoms. The van der Waals surface area contributed by atoms with E-state index in [1.807, 2.05) is 0 Å². The van der Waals surface area contributed by atoms with Crippen LogP contribution in [-0.2, 0) is 9.53 Å². The van der Waals surface area contributed by atoms with Crippen LogP contribution in [0.4, 0.5) is 0 Å². The number of hydrogen-bond donors (Lipinski definition) is 0. The van der Waals surface area contributed by atoms with Crippen LogP contribution in [0.5, 0.6) is 0 Å². The van der Waals surface area contributed by atoms with Gasteiger partial charge < -0.3 is 4.74 Å². The Morgan fingerprint density at radius 1 is 1.20 bits per heavy atom. The SMILES string of the molecule is C=C1C(=C)C2CC1CC2C(=O)OC1(CC)CCCCC1. The lowest BCUT2D eigenvalue weighted by Crippen LogP contribution is -2.39. The molecule has 0 aromatic rings. The van der Waals surface area contributed by atoms with Crippen LogP contribution >= 0.6 is 0 Å². The van der Waals surface area contributed by atoms with Crippen molar-refractivity contribution in [3.05, 3.63) is 24.3 Å². The molecule has 3 aliphatic carbocycles. The first-order valence-electron chi connectivity index (χ1n) is 8.17. The van der Waals surface area contributed by atoms with E-state index in [2.05, 4.69) is 20.1 Å².